The van der Waals surface area contributed by atoms with Crippen LogP contribution in [0.3, 0.4) is 0 Å². The van der Waals surface area contributed by atoms with Gasteiger partial charge in [-0.3, -0.25) is 9.80 Å². The van der Waals surface area contributed by atoms with Crippen LogP contribution in [0.5, 0.6) is 0 Å². The van der Waals surface area contributed by atoms with Gasteiger partial charge in [0.15, 0.2) is 0 Å². The van der Waals surface area contributed by atoms with Crippen molar-refractivity contribution in [2.24, 2.45) is 5.84 Å². The number of hydrogen-bond donors (Lipinski definition) is 1. The Labute approximate surface area is 49.4 Å². The monoisotopic (exact) mass is 115 g/mol. The van der Waals surface area contributed by atoms with Crippen LogP contribution >= 0.6 is 0 Å². The van der Waals surface area contributed by atoms with Crippen molar-refractivity contribution < 1.29 is 4.79 Å². The molecule has 8 heavy (non-hydrogen) atoms. The van der Waals surface area contributed by atoms with Gasteiger partial charge in [0.05, 0.1) is 6.54 Å². The highest BCUT2D eigenvalue weighted by Gasteiger charge is 2.01. The lowest BCUT2D eigenvalue weighted by Gasteiger charge is -2.10. The van der Waals surface area contributed by atoms with Crippen molar-refractivity contribution in [3.63, 3.8) is 0 Å². The standard InChI is InChI=1S/C5H11N2O/c1-3-5(8)7(6)4-2/h4H,3,6H2,1-2H3. The minimum Gasteiger partial charge on any atom is -0.276 e. The molecule has 1 amide bonds. The Balaban J connectivity index is 3.46. The number of carbonyl (C=O) groups is 1. The van der Waals surface area contributed by atoms with Crippen LogP contribution in [0.25, 0.3) is 0 Å². The lowest BCUT2D eigenvalue weighted by Crippen LogP contribution is -2.33. The third-order valence-electron chi connectivity index (χ3n) is 0.869. The van der Waals surface area contributed by atoms with Crippen LogP contribution < -0.4 is 5.84 Å². The Morgan fingerprint density at radius 2 is 2.38 bits per heavy atom. The van der Waals surface area contributed by atoms with E-state index in [2.05, 4.69) is 0 Å². The molecule has 3 nitrogen and oxygen atoms in total. The molecule has 2 N–H and O–H groups in total. The molecule has 0 aromatic rings. The fourth-order valence-corrected chi connectivity index (χ4v) is 0.327. The van der Waals surface area contributed by atoms with Crippen LogP contribution in [0, 0.1) is 6.54 Å². The van der Waals surface area contributed by atoms with Gasteiger partial charge in [-0.25, -0.2) is 5.84 Å². The molecule has 0 rings (SSSR count). The van der Waals surface area contributed by atoms with Crippen LogP contribution in [0.1, 0.15) is 20.3 Å². The summed E-state index contributed by atoms with van der Waals surface area (Å²) in [4.78, 5) is 10.5. The predicted octanol–water partition coefficient (Wildman–Crippen LogP) is 0.280. The first kappa shape index (κ1) is 7.43. The second kappa shape index (κ2) is 3.43. The van der Waals surface area contributed by atoms with E-state index in [4.69, 9.17) is 5.84 Å². The van der Waals surface area contributed by atoms with E-state index in [0.717, 1.165) is 5.01 Å². The quantitative estimate of drug-likeness (QED) is 0.319. The van der Waals surface area contributed by atoms with E-state index < -0.39 is 0 Å². The summed E-state index contributed by atoms with van der Waals surface area (Å²) in [5.74, 6) is 5.09. The molecular formula is C5H11N2O. The number of hydrogen-bond acceptors (Lipinski definition) is 2. The lowest BCUT2D eigenvalue weighted by atomic mass is 10.4. The van der Waals surface area contributed by atoms with Crippen LogP contribution in [-0.2, 0) is 4.79 Å². The Bertz CT molecular complexity index is 82.5. The molecule has 1 radical (unpaired) electrons. The van der Waals surface area contributed by atoms with Gasteiger partial charge >= 0.3 is 0 Å². The van der Waals surface area contributed by atoms with Crippen molar-refractivity contribution in [1.82, 2.24) is 5.01 Å². The number of nitrogens with two attached hydrogens (primary N) is 1. The van der Waals surface area contributed by atoms with Gasteiger partial charge in [-0.15, -0.1) is 0 Å². The first-order valence-electron chi connectivity index (χ1n) is 2.58. The summed E-state index contributed by atoms with van der Waals surface area (Å²) >= 11 is 0. The van der Waals surface area contributed by atoms with Crippen molar-refractivity contribution in [3.05, 3.63) is 6.54 Å². The Morgan fingerprint density at radius 3 is 2.50 bits per heavy atom. The molecule has 3 heteroatoms. The molecule has 0 aliphatic rings. The van der Waals surface area contributed by atoms with Gasteiger partial charge in [-0.05, 0) is 6.92 Å². The fourth-order valence-electron chi connectivity index (χ4n) is 0.327. The van der Waals surface area contributed by atoms with Gasteiger partial charge in [0.2, 0.25) is 5.91 Å². The zero-order valence-corrected chi connectivity index (χ0v) is 5.22. The first-order chi connectivity index (χ1) is 3.72. The maximum atomic E-state index is 10.5. The van der Waals surface area contributed by atoms with E-state index in [9.17, 15) is 4.79 Å². The Kier molecular flexibility index (Phi) is 3.19. The molecule has 0 aliphatic heterocycles. The summed E-state index contributed by atoms with van der Waals surface area (Å²) in [5.41, 5.74) is 0. The molecule has 0 atom stereocenters. The first-order valence-corrected chi connectivity index (χ1v) is 2.58. The van der Waals surface area contributed by atoms with Gasteiger partial charge in [0.1, 0.15) is 0 Å². The van der Waals surface area contributed by atoms with E-state index in [1.165, 1.54) is 6.54 Å². The summed E-state index contributed by atoms with van der Waals surface area (Å²) in [7, 11) is 0. The Morgan fingerprint density at radius 1 is 1.88 bits per heavy atom. The summed E-state index contributed by atoms with van der Waals surface area (Å²) < 4.78 is 0. The van der Waals surface area contributed by atoms with Crippen molar-refractivity contribution in [2.75, 3.05) is 0 Å². The fraction of sp³-hybridized carbons (Fsp3) is 0.600. The highest BCUT2D eigenvalue weighted by molar-refractivity contribution is 5.75. The highest BCUT2D eigenvalue weighted by atomic mass is 16.2. The van der Waals surface area contributed by atoms with Gasteiger partial charge in [-0.2, -0.15) is 0 Å². The normalized spacial score (nSPS) is 8.88. The molecular weight excluding hydrogens is 104 g/mol. The van der Waals surface area contributed by atoms with E-state index in [1.807, 2.05) is 0 Å². The number of carbonyl (C=O) groups excluding carboxylic acids is 1. The van der Waals surface area contributed by atoms with Crippen molar-refractivity contribution in [2.45, 2.75) is 20.3 Å². The van der Waals surface area contributed by atoms with E-state index >= 15 is 0 Å². The van der Waals surface area contributed by atoms with Crippen molar-refractivity contribution in [3.8, 4) is 0 Å². The zero-order valence-electron chi connectivity index (χ0n) is 5.22. The van der Waals surface area contributed by atoms with Gasteiger partial charge in [0.25, 0.3) is 0 Å². The molecule has 0 saturated heterocycles. The number of amides is 1. The maximum Gasteiger partial charge on any atom is 0.236 e. The Hall–Kier alpha value is -0.570. The summed E-state index contributed by atoms with van der Waals surface area (Å²) in [6.07, 6.45) is 0.459. The molecule has 0 aromatic heterocycles. The number of hydrazine groups is 1. The summed E-state index contributed by atoms with van der Waals surface area (Å²) in [6.45, 7) is 5.02. The molecule has 0 saturated carbocycles. The molecule has 47 valence electrons. The zero-order chi connectivity index (χ0) is 6.57. The minimum atomic E-state index is -0.0625. The largest absolute Gasteiger partial charge is 0.276 e. The molecule has 0 bridgehead atoms. The number of nitrogens with zero attached hydrogens (tertiary/aromatic N) is 1. The smallest absolute Gasteiger partial charge is 0.236 e. The van der Waals surface area contributed by atoms with Crippen LogP contribution in [0.2, 0.25) is 0 Å². The van der Waals surface area contributed by atoms with Crippen molar-refractivity contribution >= 4 is 5.91 Å². The van der Waals surface area contributed by atoms with Gasteiger partial charge in [-0.1, -0.05) is 6.92 Å². The SMILES string of the molecule is C[CH]N(N)C(=O)CC. The number of rotatable bonds is 2. The maximum absolute atomic E-state index is 10.5. The molecule has 0 aromatic carbocycles. The van der Waals surface area contributed by atoms with Gasteiger partial charge in [0, 0.05) is 6.42 Å². The average molecular weight is 115 g/mol. The highest BCUT2D eigenvalue weighted by Crippen LogP contribution is 1.86. The average Bonchev–Trinajstić information content (AvgIpc) is 1.84. The molecule has 0 spiro atoms. The topological polar surface area (TPSA) is 46.3 Å². The molecule has 0 heterocycles. The second-order valence-electron chi connectivity index (χ2n) is 1.41. The summed E-state index contributed by atoms with van der Waals surface area (Å²) in [6, 6.07) is 0. The minimum absolute atomic E-state index is 0.0625. The van der Waals surface area contributed by atoms with Crippen molar-refractivity contribution in [1.29, 1.82) is 0 Å². The third kappa shape index (κ3) is 1.93. The van der Waals surface area contributed by atoms with Crippen LogP contribution in [0.15, 0.2) is 0 Å². The molecule has 0 aliphatic carbocycles. The van der Waals surface area contributed by atoms with Crippen LogP contribution in [0.4, 0.5) is 0 Å². The third-order valence-corrected chi connectivity index (χ3v) is 0.869. The molecule has 0 unspecified atom stereocenters. The van der Waals surface area contributed by atoms with Crippen LogP contribution in [-0.4, -0.2) is 10.9 Å². The second-order valence-corrected chi connectivity index (χ2v) is 1.41. The van der Waals surface area contributed by atoms with E-state index in [-0.39, 0.29) is 5.91 Å². The summed E-state index contributed by atoms with van der Waals surface area (Å²) in [5, 5.41) is 1.08. The van der Waals surface area contributed by atoms with E-state index in [0.29, 0.717) is 6.42 Å². The predicted molar refractivity (Wildman–Crippen MR) is 31.3 cm³/mol. The lowest BCUT2D eigenvalue weighted by molar-refractivity contribution is -0.129. The molecule has 0 fully saturated rings. The van der Waals surface area contributed by atoms with E-state index in [1.54, 1.807) is 13.8 Å². The van der Waals surface area contributed by atoms with Gasteiger partial charge < -0.3 is 0 Å².